The molecule has 19 heavy (non-hydrogen) atoms. The molecule has 3 nitrogen and oxygen atoms in total. The van der Waals surface area contributed by atoms with Gasteiger partial charge in [-0.25, -0.2) is 0 Å². The Morgan fingerprint density at radius 2 is 2.00 bits per heavy atom. The molecule has 3 aromatic rings. The van der Waals surface area contributed by atoms with E-state index in [1.807, 2.05) is 6.92 Å². The molecule has 1 N–H and O–H groups in total. The van der Waals surface area contributed by atoms with Gasteiger partial charge in [0.1, 0.15) is 5.01 Å². The molecule has 0 saturated carbocycles. The molecule has 0 amide bonds. The highest BCUT2D eigenvalue weighted by Gasteiger charge is 2.15. The summed E-state index contributed by atoms with van der Waals surface area (Å²) in [5.41, 5.74) is 0. The zero-order valence-electron chi connectivity index (χ0n) is 10.4. The number of anilines is 1. The number of hydrogen-bond acceptors (Lipinski definition) is 6. The quantitative estimate of drug-likeness (QED) is 0.761. The maximum absolute atomic E-state index is 4.16. The average Bonchev–Trinajstić information content (AvgIpc) is 3.10. The summed E-state index contributed by atoms with van der Waals surface area (Å²) in [6, 6.07) is 8.81. The van der Waals surface area contributed by atoms with Crippen LogP contribution in [0, 0.1) is 6.92 Å². The van der Waals surface area contributed by atoms with Crippen LogP contribution in [0.4, 0.5) is 5.13 Å². The lowest BCUT2D eigenvalue weighted by molar-refractivity contribution is 0.796. The van der Waals surface area contributed by atoms with Crippen molar-refractivity contribution in [3.63, 3.8) is 0 Å². The van der Waals surface area contributed by atoms with Crippen LogP contribution in [0.15, 0.2) is 35.0 Å². The molecule has 3 aromatic heterocycles. The minimum Gasteiger partial charge on any atom is -0.352 e. The van der Waals surface area contributed by atoms with E-state index in [1.165, 1.54) is 9.75 Å². The highest BCUT2D eigenvalue weighted by atomic mass is 32.1. The molecule has 0 spiro atoms. The lowest BCUT2D eigenvalue weighted by Crippen LogP contribution is -2.11. The molecule has 0 fully saturated rings. The third kappa shape index (κ3) is 3.20. The second-order valence-electron chi connectivity index (χ2n) is 4.12. The fourth-order valence-electron chi connectivity index (χ4n) is 1.85. The Bertz CT molecular complexity index is 613. The van der Waals surface area contributed by atoms with E-state index in [2.05, 4.69) is 50.5 Å². The SMILES string of the molecule is Cc1nnc(NC(Cc2cccs2)c2cccs2)s1. The topological polar surface area (TPSA) is 37.8 Å². The van der Waals surface area contributed by atoms with Crippen LogP contribution in [-0.2, 0) is 6.42 Å². The van der Waals surface area contributed by atoms with Crippen molar-refractivity contribution >= 4 is 39.1 Å². The summed E-state index contributed by atoms with van der Waals surface area (Å²) >= 11 is 5.17. The van der Waals surface area contributed by atoms with Crippen molar-refractivity contribution in [2.75, 3.05) is 5.32 Å². The van der Waals surface area contributed by atoms with Gasteiger partial charge in [0.05, 0.1) is 6.04 Å². The van der Waals surface area contributed by atoms with Crippen LogP contribution >= 0.6 is 34.0 Å². The van der Waals surface area contributed by atoms with Crippen molar-refractivity contribution in [2.24, 2.45) is 0 Å². The predicted molar refractivity (Wildman–Crippen MR) is 83.4 cm³/mol. The summed E-state index contributed by atoms with van der Waals surface area (Å²) < 4.78 is 0. The fourth-order valence-corrected chi connectivity index (χ4v) is 4.02. The lowest BCUT2D eigenvalue weighted by atomic mass is 10.1. The van der Waals surface area contributed by atoms with Gasteiger partial charge in [0.25, 0.3) is 0 Å². The highest BCUT2D eigenvalue weighted by Crippen LogP contribution is 2.29. The molecule has 0 radical (unpaired) electrons. The number of aryl methyl sites for hydroxylation is 1. The summed E-state index contributed by atoms with van der Waals surface area (Å²) in [5, 5.41) is 17.8. The van der Waals surface area contributed by atoms with Crippen molar-refractivity contribution in [1.29, 1.82) is 0 Å². The molecule has 0 bridgehead atoms. The van der Waals surface area contributed by atoms with Crippen molar-refractivity contribution in [3.05, 3.63) is 49.8 Å². The van der Waals surface area contributed by atoms with Gasteiger partial charge in [0, 0.05) is 16.2 Å². The molecule has 1 atom stereocenters. The first-order valence-electron chi connectivity index (χ1n) is 5.93. The normalized spacial score (nSPS) is 12.5. The van der Waals surface area contributed by atoms with Crippen molar-refractivity contribution in [1.82, 2.24) is 10.2 Å². The van der Waals surface area contributed by atoms with E-state index in [-0.39, 0.29) is 6.04 Å². The molecule has 0 aromatic carbocycles. The zero-order valence-corrected chi connectivity index (χ0v) is 12.8. The molecule has 1 unspecified atom stereocenters. The molecule has 0 aliphatic heterocycles. The highest BCUT2D eigenvalue weighted by molar-refractivity contribution is 7.15. The summed E-state index contributed by atoms with van der Waals surface area (Å²) in [4.78, 5) is 2.72. The van der Waals surface area contributed by atoms with Gasteiger partial charge in [-0.1, -0.05) is 23.5 Å². The standard InChI is InChI=1S/C13H13N3S3/c1-9-15-16-13(19-9)14-11(12-5-3-7-18-12)8-10-4-2-6-17-10/h2-7,11H,8H2,1H3,(H,14,16). The summed E-state index contributed by atoms with van der Waals surface area (Å²) in [6.45, 7) is 1.97. The molecule has 0 saturated heterocycles. The van der Waals surface area contributed by atoms with Gasteiger partial charge in [0.15, 0.2) is 0 Å². The Hall–Kier alpha value is -1.24. The third-order valence-electron chi connectivity index (χ3n) is 2.70. The van der Waals surface area contributed by atoms with Crippen molar-refractivity contribution in [2.45, 2.75) is 19.4 Å². The maximum atomic E-state index is 4.16. The van der Waals surface area contributed by atoms with Crippen molar-refractivity contribution < 1.29 is 0 Å². The minimum absolute atomic E-state index is 0.269. The number of rotatable bonds is 5. The van der Waals surface area contributed by atoms with E-state index < -0.39 is 0 Å². The third-order valence-corrected chi connectivity index (χ3v) is 5.35. The van der Waals surface area contributed by atoms with Gasteiger partial charge in [-0.15, -0.1) is 32.9 Å². The summed E-state index contributed by atoms with van der Waals surface area (Å²) in [6.07, 6.45) is 0.983. The number of thiophene rings is 2. The minimum atomic E-state index is 0.269. The molecule has 3 rings (SSSR count). The van der Waals surface area contributed by atoms with Gasteiger partial charge < -0.3 is 5.32 Å². The Labute approximate surface area is 124 Å². The lowest BCUT2D eigenvalue weighted by Gasteiger charge is -2.15. The smallest absolute Gasteiger partial charge is 0.206 e. The average molecular weight is 307 g/mol. The van der Waals surface area contributed by atoms with Crippen molar-refractivity contribution in [3.8, 4) is 0 Å². The number of hydrogen-bond donors (Lipinski definition) is 1. The van der Waals surface area contributed by atoms with Crippen LogP contribution in [0.2, 0.25) is 0 Å². The Morgan fingerprint density at radius 3 is 2.63 bits per heavy atom. The van der Waals surface area contributed by atoms with Crippen LogP contribution in [0.25, 0.3) is 0 Å². The van der Waals surface area contributed by atoms with Crippen LogP contribution in [-0.4, -0.2) is 10.2 Å². The van der Waals surface area contributed by atoms with Crippen LogP contribution in [0.1, 0.15) is 20.8 Å². The summed E-state index contributed by atoms with van der Waals surface area (Å²) in [5.74, 6) is 0. The van der Waals surface area contributed by atoms with E-state index >= 15 is 0 Å². The van der Waals surface area contributed by atoms with Gasteiger partial charge in [-0.05, 0) is 29.8 Å². The summed E-state index contributed by atoms with van der Waals surface area (Å²) in [7, 11) is 0. The molecule has 3 heterocycles. The Kier molecular flexibility index (Phi) is 3.91. The first-order chi connectivity index (χ1) is 9.31. The largest absolute Gasteiger partial charge is 0.352 e. The second-order valence-corrected chi connectivity index (χ2v) is 7.32. The fraction of sp³-hybridized carbons (Fsp3) is 0.231. The van der Waals surface area contributed by atoms with Crippen LogP contribution in [0.3, 0.4) is 0 Å². The molecule has 98 valence electrons. The number of nitrogens with one attached hydrogen (secondary N) is 1. The molecular formula is C13H13N3S3. The van der Waals surface area contributed by atoms with E-state index in [9.17, 15) is 0 Å². The molecular weight excluding hydrogens is 294 g/mol. The first-order valence-corrected chi connectivity index (χ1v) is 8.51. The first kappa shape index (κ1) is 12.8. The zero-order chi connectivity index (χ0) is 13.1. The molecule has 6 heteroatoms. The van der Waals surface area contributed by atoms with E-state index in [0.717, 1.165) is 16.6 Å². The second kappa shape index (κ2) is 5.81. The van der Waals surface area contributed by atoms with Gasteiger partial charge >= 0.3 is 0 Å². The van der Waals surface area contributed by atoms with Gasteiger partial charge in [0.2, 0.25) is 5.13 Å². The van der Waals surface area contributed by atoms with Crippen LogP contribution < -0.4 is 5.32 Å². The number of aromatic nitrogens is 2. The van der Waals surface area contributed by atoms with E-state index in [1.54, 1.807) is 34.0 Å². The monoisotopic (exact) mass is 307 g/mol. The molecule has 0 aliphatic rings. The van der Waals surface area contributed by atoms with Gasteiger partial charge in [-0.3, -0.25) is 0 Å². The van der Waals surface area contributed by atoms with E-state index in [4.69, 9.17) is 0 Å². The number of nitrogens with zero attached hydrogens (tertiary/aromatic N) is 2. The van der Waals surface area contributed by atoms with Crippen LogP contribution in [0.5, 0.6) is 0 Å². The van der Waals surface area contributed by atoms with Gasteiger partial charge in [-0.2, -0.15) is 0 Å². The molecule has 0 aliphatic carbocycles. The van der Waals surface area contributed by atoms with E-state index in [0.29, 0.717) is 0 Å². The Balaban J connectivity index is 1.80. The maximum Gasteiger partial charge on any atom is 0.206 e. The predicted octanol–water partition coefficient (Wildman–Crippen LogP) is 4.37. The Morgan fingerprint density at radius 1 is 1.16 bits per heavy atom.